The lowest BCUT2D eigenvalue weighted by Crippen LogP contribution is -2.58. The standard InChI is InChI=1S/C24H35N5O7/c1-13(2)20(28-21(32)16(25)9-10-19(26)31)23(34)29-11-3-4-18(29)22(33)27-17(24(35)36)12-14-5-7-15(30)8-6-14/h5-8,13,16-18,20,30H,3-4,9-12,25H2,1-2H3,(H2,26,31)(H,27,33)(H,28,32)(H,35,36). The van der Waals surface area contributed by atoms with Gasteiger partial charge in [-0.15, -0.1) is 0 Å². The third-order valence-electron chi connectivity index (χ3n) is 6.10. The quantitative estimate of drug-likeness (QED) is 0.212. The van der Waals surface area contributed by atoms with Crippen LogP contribution in [0.15, 0.2) is 24.3 Å². The second kappa shape index (κ2) is 12.9. The van der Waals surface area contributed by atoms with Crippen molar-refractivity contribution in [2.45, 2.75) is 70.1 Å². The molecule has 1 saturated heterocycles. The summed E-state index contributed by atoms with van der Waals surface area (Å²) in [5, 5.41) is 24.2. The monoisotopic (exact) mass is 505 g/mol. The molecule has 0 aliphatic carbocycles. The van der Waals surface area contributed by atoms with Crippen molar-refractivity contribution >= 4 is 29.6 Å². The highest BCUT2D eigenvalue weighted by molar-refractivity contribution is 5.94. The number of nitrogens with zero attached hydrogens (tertiary/aromatic N) is 1. The summed E-state index contributed by atoms with van der Waals surface area (Å²) in [5.74, 6) is -3.79. The van der Waals surface area contributed by atoms with Gasteiger partial charge in [-0.3, -0.25) is 19.2 Å². The summed E-state index contributed by atoms with van der Waals surface area (Å²) in [6.45, 7) is 3.75. The molecule has 36 heavy (non-hydrogen) atoms. The van der Waals surface area contributed by atoms with Gasteiger partial charge in [0.25, 0.3) is 0 Å². The van der Waals surface area contributed by atoms with E-state index >= 15 is 0 Å². The molecule has 1 aliphatic heterocycles. The third kappa shape index (κ3) is 7.94. The van der Waals surface area contributed by atoms with Crippen molar-refractivity contribution in [1.29, 1.82) is 0 Å². The average molecular weight is 506 g/mol. The molecule has 4 atom stereocenters. The topological polar surface area (TPSA) is 205 Å². The Morgan fingerprint density at radius 3 is 2.31 bits per heavy atom. The third-order valence-corrected chi connectivity index (χ3v) is 6.10. The molecule has 12 heteroatoms. The number of phenols is 1. The van der Waals surface area contributed by atoms with E-state index in [1.807, 2.05) is 0 Å². The molecule has 0 radical (unpaired) electrons. The van der Waals surface area contributed by atoms with Crippen LogP contribution in [0.25, 0.3) is 0 Å². The molecule has 198 valence electrons. The molecule has 4 amide bonds. The maximum atomic E-state index is 13.3. The lowest BCUT2D eigenvalue weighted by Gasteiger charge is -2.31. The fourth-order valence-electron chi connectivity index (χ4n) is 4.02. The van der Waals surface area contributed by atoms with E-state index in [0.717, 1.165) is 0 Å². The Morgan fingerprint density at radius 2 is 1.75 bits per heavy atom. The number of carboxylic acid groups (broad SMARTS) is 1. The van der Waals surface area contributed by atoms with E-state index in [1.165, 1.54) is 17.0 Å². The molecule has 1 aromatic carbocycles. The highest BCUT2D eigenvalue weighted by Crippen LogP contribution is 2.21. The van der Waals surface area contributed by atoms with Crippen LogP contribution in [-0.4, -0.2) is 75.4 Å². The summed E-state index contributed by atoms with van der Waals surface area (Å²) in [4.78, 5) is 63.0. The number of primary amides is 1. The van der Waals surface area contributed by atoms with Gasteiger partial charge in [-0.1, -0.05) is 26.0 Å². The zero-order chi connectivity index (χ0) is 27.0. The smallest absolute Gasteiger partial charge is 0.326 e. The first-order valence-electron chi connectivity index (χ1n) is 11.9. The van der Waals surface area contributed by atoms with E-state index in [4.69, 9.17) is 11.5 Å². The summed E-state index contributed by atoms with van der Waals surface area (Å²) in [5.41, 5.74) is 11.5. The molecule has 1 heterocycles. The minimum atomic E-state index is -1.23. The van der Waals surface area contributed by atoms with E-state index in [0.29, 0.717) is 18.4 Å². The number of phenolic OH excluding ortho intramolecular Hbond substituents is 1. The van der Waals surface area contributed by atoms with Gasteiger partial charge in [-0.25, -0.2) is 4.79 Å². The molecule has 0 saturated carbocycles. The Kier molecular flexibility index (Phi) is 10.2. The van der Waals surface area contributed by atoms with Crippen LogP contribution in [0, 0.1) is 5.92 Å². The first kappa shape index (κ1) is 28.6. The van der Waals surface area contributed by atoms with Crippen LogP contribution < -0.4 is 22.1 Å². The van der Waals surface area contributed by atoms with Crippen LogP contribution >= 0.6 is 0 Å². The molecule has 4 unspecified atom stereocenters. The first-order valence-corrected chi connectivity index (χ1v) is 11.9. The van der Waals surface area contributed by atoms with E-state index in [9.17, 15) is 34.2 Å². The average Bonchev–Trinajstić information content (AvgIpc) is 3.31. The number of carbonyl (C=O) groups is 5. The fraction of sp³-hybridized carbons (Fsp3) is 0.542. The number of benzene rings is 1. The summed E-state index contributed by atoms with van der Waals surface area (Å²) < 4.78 is 0. The maximum Gasteiger partial charge on any atom is 0.326 e. The van der Waals surface area contributed by atoms with Gasteiger partial charge < -0.3 is 37.2 Å². The summed E-state index contributed by atoms with van der Waals surface area (Å²) in [7, 11) is 0. The number of hydrogen-bond acceptors (Lipinski definition) is 7. The number of likely N-dealkylation sites (tertiary alicyclic amines) is 1. The van der Waals surface area contributed by atoms with Crippen LogP contribution in [0.5, 0.6) is 5.75 Å². The number of nitrogens with two attached hydrogens (primary N) is 2. The summed E-state index contributed by atoms with van der Waals surface area (Å²) in [6, 6.07) is 1.86. The van der Waals surface area contributed by atoms with Gasteiger partial charge >= 0.3 is 5.97 Å². The van der Waals surface area contributed by atoms with Crippen molar-refractivity contribution in [2.24, 2.45) is 17.4 Å². The minimum Gasteiger partial charge on any atom is -0.508 e. The summed E-state index contributed by atoms with van der Waals surface area (Å²) >= 11 is 0. The van der Waals surface area contributed by atoms with Gasteiger partial charge in [0, 0.05) is 19.4 Å². The largest absolute Gasteiger partial charge is 0.508 e. The van der Waals surface area contributed by atoms with Crippen molar-refractivity contribution < 1.29 is 34.2 Å². The van der Waals surface area contributed by atoms with E-state index in [1.54, 1.807) is 26.0 Å². The molecule has 12 nitrogen and oxygen atoms in total. The number of amides is 4. The lowest BCUT2D eigenvalue weighted by molar-refractivity contribution is -0.145. The minimum absolute atomic E-state index is 0.00408. The molecular weight excluding hydrogens is 470 g/mol. The number of rotatable bonds is 12. The second-order valence-corrected chi connectivity index (χ2v) is 9.30. The van der Waals surface area contributed by atoms with Gasteiger partial charge in [-0.05, 0) is 42.9 Å². The molecule has 2 rings (SSSR count). The number of nitrogens with one attached hydrogen (secondary N) is 2. The van der Waals surface area contributed by atoms with Crippen molar-refractivity contribution in [3.63, 3.8) is 0 Å². The first-order chi connectivity index (χ1) is 16.9. The zero-order valence-electron chi connectivity index (χ0n) is 20.5. The Balaban J connectivity index is 2.08. The highest BCUT2D eigenvalue weighted by Gasteiger charge is 2.40. The lowest BCUT2D eigenvalue weighted by atomic mass is 10.0. The van der Waals surface area contributed by atoms with Gasteiger partial charge in [0.05, 0.1) is 6.04 Å². The molecule has 8 N–H and O–H groups in total. The predicted molar refractivity (Wildman–Crippen MR) is 129 cm³/mol. The Labute approximate surface area is 209 Å². The van der Waals surface area contributed by atoms with E-state index in [-0.39, 0.29) is 37.5 Å². The summed E-state index contributed by atoms with van der Waals surface area (Å²) in [6.07, 6.45) is 0.844. The predicted octanol–water partition coefficient (Wildman–Crippen LogP) is -0.771. The highest BCUT2D eigenvalue weighted by atomic mass is 16.4. The van der Waals surface area contributed by atoms with Crippen molar-refractivity contribution in [3.8, 4) is 5.75 Å². The zero-order valence-corrected chi connectivity index (χ0v) is 20.5. The molecule has 0 spiro atoms. The van der Waals surface area contributed by atoms with Crippen molar-refractivity contribution in [1.82, 2.24) is 15.5 Å². The Bertz CT molecular complexity index is 966. The number of carboxylic acids is 1. The van der Waals surface area contributed by atoms with Crippen LogP contribution in [-0.2, 0) is 30.4 Å². The van der Waals surface area contributed by atoms with E-state index in [2.05, 4.69) is 10.6 Å². The number of aliphatic carboxylic acids is 1. The van der Waals surface area contributed by atoms with Gasteiger partial charge in [-0.2, -0.15) is 0 Å². The van der Waals surface area contributed by atoms with Gasteiger partial charge in [0.15, 0.2) is 0 Å². The normalized spacial score (nSPS) is 17.8. The van der Waals surface area contributed by atoms with Crippen molar-refractivity contribution in [3.05, 3.63) is 29.8 Å². The second-order valence-electron chi connectivity index (χ2n) is 9.30. The molecule has 0 aromatic heterocycles. The molecule has 1 aromatic rings. The van der Waals surface area contributed by atoms with Crippen LogP contribution in [0.2, 0.25) is 0 Å². The number of hydrogen-bond donors (Lipinski definition) is 6. The van der Waals surface area contributed by atoms with E-state index < -0.39 is 53.8 Å². The van der Waals surface area contributed by atoms with Gasteiger partial charge in [0.1, 0.15) is 23.9 Å². The van der Waals surface area contributed by atoms with Gasteiger partial charge in [0.2, 0.25) is 23.6 Å². The van der Waals surface area contributed by atoms with Crippen LogP contribution in [0.4, 0.5) is 0 Å². The Morgan fingerprint density at radius 1 is 1.11 bits per heavy atom. The maximum absolute atomic E-state index is 13.3. The molecule has 1 fully saturated rings. The molecule has 0 bridgehead atoms. The number of carbonyl (C=O) groups excluding carboxylic acids is 4. The van der Waals surface area contributed by atoms with Crippen molar-refractivity contribution in [2.75, 3.05) is 6.54 Å². The Hall–Kier alpha value is -3.67. The van der Waals surface area contributed by atoms with Crippen LogP contribution in [0.3, 0.4) is 0 Å². The fourth-order valence-corrected chi connectivity index (χ4v) is 4.02. The van der Waals surface area contributed by atoms with Crippen LogP contribution in [0.1, 0.15) is 45.1 Å². The SMILES string of the molecule is CC(C)C(NC(=O)C(N)CCC(N)=O)C(=O)N1CCCC1C(=O)NC(Cc1ccc(O)cc1)C(=O)O. The number of aromatic hydroxyl groups is 1. The molecule has 1 aliphatic rings. The molecular formula is C24H35N5O7.